The summed E-state index contributed by atoms with van der Waals surface area (Å²) in [5.74, 6) is 2.70. The van der Waals surface area contributed by atoms with Crippen LogP contribution in [0, 0.1) is 23.2 Å². The average Bonchev–Trinajstić information content (AvgIpc) is 2.67. The molecule has 0 radical (unpaired) electrons. The average molecular weight is 280 g/mol. The minimum atomic E-state index is 0.483. The molecule has 1 aliphatic heterocycles. The number of nitrogens with zero attached hydrogens (tertiary/aromatic N) is 1. The maximum Gasteiger partial charge on any atom is 0.0159 e. The molecule has 118 valence electrons. The molecule has 1 saturated carbocycles. The van der Waals surface area contributed by atoms with Crippen molar-refractivity contribution >= 4 is 0 Å². The van der Waals surface area contributed by atoms with Crippen molar-refractivity contribution in [1.29, 1.82) is 0 Å². The molecule has 0 amide bonds. The van der Waals surface area contributed by atoms with Gasteiger partial charge in [-0.1, -0.05) is 34.6 Å². The molecule has 1 N–H and O–H groups in total. The van der Waals surface area contributed by atoms with Crippen LogP contribution in [0.15, 0.2) is 0 Å². The van der Waals surface area contributed by atoms with E-state index in [1.165, 1.54) is 45.3 Å². The maximum atomic E-state index is 3.77. The van der Waals surface area contributed by atoms with E-state index in [1.807, 2.05) is 0 Å². The zero-order valence-electron chi connectivity index (χ0n) is 14.4. The van der Waals surface area contributed by atoms with Crippen molar-refractivity contribution in [3.8, 4) is 0 Å². The summed E-state index contributed by atoms with van der Waals surface area (Å²) in [7, 11) is 0. The molecule has 0 aromatic rings. The van der Waals surface area contributed by atoms with Crippen LogP contribution < -0.4 is 5.32 Å². The van der Waals surface area contributed by atoms with Crippen molar-refractivity contribution < 1.29 is 0 Å². The van der Waals surface area contributed by atoms with E-state index in [4.69, 9.17) is 0 Å². The highest BCUT2D eigenvalue weighted by atomic mass is 15.1. The Morgan fingerprint density at radius 1 is 1.15 bits per heavy atom. The van der Waals surface area contributed by atoms with Crippen LogP contribution in [0.1, 0.15) is 60.3 Å². The van der Waals surface area contributed by atoms with Gasteiger partial charge in [-0.2, -0.15) is 0 Å². The topological polar surface area (TPSA) is 15.3 Å². The van der Waals surface area contributed by atoms with Crippen LogP contribution in [-0.2, 0) is 0 Å². The first-order chi connectivity index (χ1) is 9.44. The third-order valence-corrected chi connectivity index (χ3v) is 5.96. The van der Waals surface area contributed by atoms with Crippen molar-refractivity contribution in [2.45, 2.75) is 66.3 Å². The summed E-state index contributed by atoms with van der Waals surface area (Å²) in [6, 6.07) is 0.718. The lowest BCUT2D eigenvalue weighted by atomic mass is 9.83. The molecule has 2 nitrogen and oxygen atoms in total. The van der Waals surface area contributed by atoms with E-state index < -0.39 is 0 Å². The van der Waals surface area contributed by atoms with Crippen LogP contribution in [0.25, 0.3) is 0 Å². The molecule has 20 heavy (non-hydrogen) atoms. The quantitative estimate of drug-likeness (QED) is 0.824. The van der Waals surface area contributed by atoms with E-state index >= 15 is 0 Å². The first kappa shape index (κ1) is 16.3. The fraction of sp³-hybridized carbons (Fsp3) is 1.00. The highest BCUT2D eigenvalue weighted by Crippen LogP contribution is 2.42. The lowest BCUT2D eigenvalue weighted by molar-refractivity contribution is 0.125. The van der Waals surface area contributed by atoms with Crippen LogP contribution in [0.5, 0.6) is 0 Å². The molecule has 0 aromatic heterocycles. The molecule has 0 spiro atoms. The van der Waals surface area contributed by atoms with E-state index in [0.717, 1.165) is 30.3 Å². The first-order valence-electron chi connectivity index (χ1n) is 8.89. The molecule has 2 atom stereocenters. The van der Waals surface area contributed by atoms with Crippen molar-refractivity contribution in [3.05, 3.63) is 0 Å². The lowest BCUT2D eigenvalue weighted by Gasteiger charge is -2.38. The molecule has 0 aromatic carbocycles. The molecule has 1 aliphatic carbocycles. The van der Waals surface area contributed by atoms with Gasteiger partial charge in [0.2, 0.25) is 0 Å². The Bertz CT molecular complexity index is 290. The molecule has 0 bridgehead atoms. The summed E-state index contributed by atoms with van der Waals surface area (Å²) >= 11 is 0. The van der Waals surface area contributed by atoms with Gasteiger partial charge in [0.05, 0.1) is 0 Å². The SMILES string of the molecule is CCNC1C(CN2CCC(C(C)C)CC2)CCC1(C)C. The first-order valence-corrected chi connectivity index (χ1v) is 8.89. The normalized spacial score (nSPS) is 32.1. The summed E-state index contributed by atoms with van der Waals surface area (Å²) in [5, 5.41) is 3.77. The molecule has 1 saturated heterocycles. The molecule has 2 rings (SSSR count). The summed E-state index contributed by atoms with van der Waals surface area (Å²) in [5.41, 5.74) is 0.483. The van der Waals surface area contributed by atoms with Gasteiger partial charge in [0.15, 0.2) is 0 Å². The van der Waals surface area contributed by atoms with Gasteiger partial charge < -0.3 is 10.2 Å². The lowest BCUT2D eigenvalue weighted by Crippen LogP contribution is -2.47. The van der Waals surface area contributed by atoms with E-state index in [9.17, 15) is 0 Å². The molecular weight excluding hydrogens is 244 g/mol. The second-order valence-corrected chi connectivity index (χ2v) is 8.20. The Morgan fingerprint density at radius 2 is 1.80 bits per heavy atom. The summed E-state index contributed by atoms with van der Waals surface area (Å²) < 4.78 is 0. The number of piperidine rings is 1. The molecule has 2 aliphatic rings. The van der Waals surface area contributed by atoms with Crippen LogP contribution >= 0.6 is 0 Å². The molecule has 1 heterocycles. The van der Waals surface area contributed by atoms with Crippen molar-refractivity contribution in [2.24, 2.45) is 23.2 Å². The number of likely N-dealkylation sites (tertiary alicyclic amines) is 1. The smallest absolute Gasteiger partial charge is 0.0159 e. The molecule has 2 fully saturated rings. The monoisotopic (exact) mass is 280 g/mol. The minimum absolute atomic E-state index is 0.483. The van der Waals surface area contributed by atoms with Crippen LogP contribution in [0.2, 0.25) is 0 Å². The van der Waals surface area contributed by atoms with Crippen molar-refractivity contribution in [1.82, 2.24) is 10.2 Å². The van der Waals surface area contributed by atoms with E-state index in [2.05, 4.69) is 44.8 Å². The molecule has 2 unspecified atom stereocenters. The highest BCUT2D eigenvalue weighted by molar-refractivity contribution is 4.97. The van der Waals surface area contributed by atoms with Gasteiger partial charge in [-0.25, -0.2) is 0 Å². The standard InChI is InChI=1S/C18H36N2/c1-6-19-17-16(7-10-18(17,4)5)13-20-11-8-15(9-12-20)14(2)3/h14-17,19H,6-13H2,1-5H3. The molecule has 2 heteroatoms. The Balaban J connectivity index is 1.84. The van der Waals surface area contributed by atoms with Gasteiger partial charge in [0.25, 0.3) is 0 Å². The third-order valence-electron chi connectivity index (χ3n) is 5.96. The van der Waals surface area contributed by atoms with E-state index in [1.54, 1.807) is 0 Å². The third kappa shape index (κ3) is 3.76. The van der Waals surface area contributed by atoms with Gasteiger partial charge in [0.1, 0.15) is 0 Å². The highest BCUT2D eigenvalue weighted by Gasteiger charge is 2.41. The predicted molar refractivity (Wildman–Crippen MR) is 88.0 cm³/mol. The number of rotatable bonds is 5. The largest absolute Gasteiger partial charge is 0.313 e. The maximum absolute atomic E-state index is 3.77. The van der Waals surface area contributed by atoms with E-state index in [0.29, 0.717) is 5.41 Å². The van der Waals surface area contributed by atoms with Crippen molar-refractivity contribution in [2.75, 3.05) is 26.2 Å². The molecular formula is C18H36N2. The van der Waals surface area contributed by atoms with Crippen LogP contribution in [0.3, 0.4) is 0 Å². The van der Waals surface area contributed by atoms with Crippen LogP contribution in [0.4, 0.5) is 0 Å². The second kappa shape index (κ2) is 6.79. The zero-order chi connectivity index (χ0) is 14.8. The Kier molecular flexibility index (Phi) is 5.53. The van der Waals surface area contributed by atoms with E-state index in [-0.39, 0.29) is 0 Å². The Morgan fingerprint density at radius 3 is 2.35 bits per heavy atom. The number of hydrogen-bond donors (Lipinski definition) is 1. The van der Waals surface area contributed by atoms with Gasteiger partial charge in [-0.05, 0) is 68.5 Å². The second-order valence-electron chi connectivity index (χ2n) is 8.20. The van der Waals surface area contributed by atoms with Gasteiger partial charge in [0, 0.05) is 12.6 Å². The van der Waals surface area contributed by atoms with Crippen molar-refractivity contribution in [3.63, 3.8) is 0 Å². The Labute approximate surface area is 126 Å². The van der Waals surface area contributed by atoms with Crippen LogP contribution in [-0.4, -0.2) is 37.1 Å². The fourth-order valence-corrected chi connectivity index (χ4v) is 4.51. The fourth-order valence-electron chi connectivity index (χ4n) is 4.51. The Hall–Kier alpha value is -0.0800. The number of hydrogen-bond acceptors (Lipinski definition) is 2. The summed E-state index contributed by atoms with van der Waals surface area (Å²) in [6.07, 6.45) is 5.63. The van der Waals surface area contributed by atoms with Gasteiger partial charge >= 0.3 is 0 Å². The minimum Gasteiger partial charge on any atom is -0.313 e. The number of nitrogens with one attached hydrogen (secondary N) is 1. The summed E-state index contributed by atoms with van der Waals surface area (Å²) in [4.78, 5) is 2.75. The van der Waals surface area contributed by atoms with Gasteiger partial charge in [-0.3, -0.25) is 0 Å². The predicted octanol–water partition coefficient (Wildman–Crippen LogP) is 3.77. The zero-order valence-corrected chi connectivity index (χ0v) is 14.4. The summed E-state index contributed by atoms with van der Waals surface area (Å²) in [6.45, 7) is 17.0. The van der Waals surface area contributed by atoms with Gasteiger partial charge in [-0.15, -0.1) is 0 Å².